The van der Waals surface area contributed by atoms with Gasteiger partial charge in [-0.25, -0.2) is 0 Å². The first-order valence-corrected chi connectivity index (χ1v) is 12.6. The summed E-state index contributed by atoms with van der Waals surface area (Å²) in [7, 11) is -1.38. The molecule has 5 nitrogen and oxygen atoms in total. The molecule has 0 bridgehead atoms. The van der Waals surface area contributed by atoms with Crippen LogP contribution in [0.4, 0.5) is 0 Å². The van der Waals surface area contributed by atoms with Crippen LogP contribution in [0.2, 0.25) is 0 Å². The molecule has 0 aromatic rings. The van der Waals surface area contributed by atoms with Gasteiger partial charge in [0.05, 0.1) is 0 Å². The van der Waals surface area contributed by atoms with E-state index in [4.69, 9.17) is 9.92 Å². The second-order valence-corrected chi connectivity index (χ2v) is 12.6. The summed E-state index contributed by atoms with van der Waals surface area (Å²) >= 11 is 1.76. The number of hydrogen-bond donors (Lipinski definition) is 3. The van der Waals surface area contributed by atoms with Gasteiger partial charge >= 0.3 is 5.95 Å². The van der Waals surface area contributed by atoms with Crippen LogP contribution in [-0.2, 0) is 8.98 Å². The second-order valence-electron chi connectivity index (χ2n) is 7.88. The van der Waals surface area contributed by atoms with Crippen molar-refractivity contribution in [3.63, 3.8) is 0 Å². The van der Waals surface area contributed by atoms with Crippen LogP contribution in [-0.4, -0.2) is 45.9 Å². The van der Waals surface area contributed by atoms with Gasteiger partial charge in [0.1, 0.15) is 0 Å². The third-order valence-electron chi connectivity index (χ3n) is 4.77. The minimum Gasteiger partial charge on any atom is -0.505 e. The molecule has 1 unspecified atom stereocenters. The van der Waals surface area contributed by atoms with Gasteiger partial charge in [0, 0.05) is 18.1 Å². The quantitative estimate of drug-likeness (QED) is 0.554. The summed E-state index contributed by atoms with van der Waals surface area (Å²) in [5.74, 6) is 1.97. The topological polar surface area (TPSA) is 92.8 Å². The monoisotopic (exact) mass is 393 g/mol. The van der Waals surface area contributed by atoms with Crippen molar-refractivity contribution in [3.8, 4) is 0 Å². The molecule has 0 aromatic heterocycles. The fraction of sp³-hybridized carbons (Fsp3) is 0.833. The van der Waals surface area contributed by atoms with Crippen LogP contribution in [0.3, 0.4) is 0 Å². The van der Waals surface area contributed by atoms with E-state index in [0.29, 0.717) is 6.42 Å². The maximum atomic E-state index is 10.8. The zero-order valence-electron chi connectivity index (χ0n) is 16.0. The van der Waals surface area contributed by atoms with E-state index < -0.39 is 10.3 Å². The largest absolute Gasteiger partial charge is 0.505 e. The summed E-state index contributed by atoms with van der Waals surface area (Å²) in [6.45, 7) is 4.30. The molecule has 1 atom stereocenters. The van der Waals surface area contributed by atoms with Gasteiger partial charge < -0.3 is 20.1 Å². The molecule has 1 rings (SSSR count). The van der Waals surface area contributed by atoms with E-state index in [9.17, 15) is 15.0 Å². The molecule has 25 heavy (non-hydrogen) atoms. The molecule has 0 saturated heterocycles. The fourth-order valence-electron chi connectivity index (χ4n) is 3.20. The smallest absolute Gasteiger partial charge is 0.327 e. The highest BCUT2D eigenvalue weighted by Crippen LogP contribution is 2.48. The average molecular weight is 394 g/mol. The molecule has 7 heteroatoms. The van der Waals surface area contributed by atoms with Crippen molar-refractivity contribution in [2.24, 2.45) is 17.1 Å². The molecule has 0 radical (unpaired) electrons. The second kappa shape index (κ2) is 9.86. The molecule has 0 aromatic carbocycles. The Morgan fingerprint density at radius 2 is 2.00 bits per heavy atom. The van der Waals surface area contributed by atoms with E-state index in [2.05, 4.69) is 13.8 Å². The normalized spacial score (nSPS) is 27.9. The van der Waals surface area contributed by atoms with Crippen LogP contribution in [0, 0.1) is 11.3 Å². The lowest BCUT2D eigenvalue weighted by Gasteiger charge is -2.38. The summed E-state index contributed by atoms with van der Waals surface area (Å²) in [6, 6.07) is 0. The minimum absolute atomic E-state index is 0.00906. The molecule has 1 amide bonds. The molecule has 148 valence electrons. The fourth-order valence-corrected chi connectivity index (χ4v) is 5.65. The maximum Gasteiger partial charge on any atom is 0.327 e. The molecular formula is C18H35NO4S2. The average Bonchev–Trinajstić information content (AvgIpc) is 2.48. The van der Waals surface area contributed by atoms with Crippen LogP contribution >= 0.6 is 22.1 Å². The van der Waals surface area contributed by atoms with E-state index in [-0.39, 0.29) is 28.9 Å². The Morgan fingerprint density at radius 1 is 1.32 bits per heavy atom. The van der Waals surface area contributed by atoms with Crippen molar-refractivity contribution in [3.05, 3.63) is 11.7 Å². The highest BCUT2D eigenvalue weighted by molar-refractivity contribution is 8.28. The van der Waals surface area contributed by atoms with Crippen molar-refractivity contribution in [1.82, 2.24) is 0 Å². The van der Waals surface area contributed by atoms with Gasteiger partial charge in [0.2, 0.25) is 5.91 Å². The standard InChI is InChI=1S/C18H35NO4S2/c1-18(2)10-5-6-13-25(3,4)23-17(22)16(21)14(18)9-12-24-11-7-8-15(19)20/h14,21-22H,5-13H2,1-4H3,(H2,19,20)/b17-16-. The minimum atomic E-state index is -1.38. The molecule has 0 saturated carbocycles. The molecule has 1 aliphatic rings. The number of nitrogens with two attached hydrogens (primary N) is 1. The van der Waals surface area contributed by atoms with Crippen LogP contribution in [0.5, 0.6) is 0 Å². The third-order valence-corrected chi connectivity index (χ3v) is 7.75. The summed E-state index contributed by atoms with van der Waals surface area (Å²) in [5, 5.41) is 21.0. The van der Waals surface area contributed by atoms with Crippen molar-refractivity contribution in [2.45, 2.75) is 52.4 Å². The molecule has 0 spiro atoms. The van der Waals surface area contributed by atoms with Crippen molar-refractivity contribution in [2.75, 3.05) is 29.8 Å². The van der Waals surface area contributed by atoms with Gasteiger partial charge in [-0.05, 0) is 55.1 Å². The highest BCUT2D eigenvalue weighted by atomic mass is 32.3. The first-order valence-electron chi connectivity index (χ1n) is 8.94. The van der Waals surface area contributed by atoms with Crippen LogP contribution < -0.4 is 5.73 Å². The molecule has 1 aliphatic heterocycles. The number of amides is 1. The third kappa shape index (κ3) is 8.03. The van der Waals surface area contributed by atoms with E-state index in [1.54, 1.807) is 11.8 Å². The van der Waals surface area contributed by atoms with Crippen LogP contribution in [0.25, 0.3) is 0 Å². The number of carbonyl (C=O) groups is 1. The lowest BCUT2D eigenvalue weighted by molar-refractivity contribution is -0.118. The van der Waals surface area contributed by atoms with Gasteiger partial charge in [-0.3, -0.25) is 4.79 Å². The summed E-state index contributed by atoms with van der Waals surface area (Å²) in [6.07, 6.45) is 9.19. The number of carbonyl (C=O) groups excluding carboxylic acids is 1. The predicted octanol–water partition coefficient (Wildman–Crippen LogP) is 4.48. The summed E-state index contributed by atoms with van der Waals surface area (Å²) in [5.41, 5.74) is 5.04. The number of rotatable bonds is 7. The van der Waals surface area contributed by atoms with Gasteiger partial charge in [-0.2, -0.15) is 11.8 Å². The van der Waals surface area contributed by atoms with Crippen molar-refractivity contribution in [1.29, 1.82) is 0 Å². The Hall–Kier alpha value is -0.690. The Labute approximate surface area is 158 Å². The zero-order valence-corrected chi connectivity index (χ0v) is 17.7. The molecule has 4 N–H and O–H groups in total. The van der Waals surface area contributed by atoms with Crippen molar-refractivity contribution < 1.29 is 19.2 Å². The van der Waals surface area contributed by atoms with Gasteiger partial charge in [0.25, 0.3) is 0 Å². The van der Waals surface area contributed by atoms with Crippen LogP contribution in [0.1, 0.15) is 52.4 Å². The first-order chi connectivity index (χ1) is 11.6. The van der Waals surface area contributed by atoms with E-state index >= 15 is 0 Å². The first kappa shape index (κ1) is 22.4. The van der Waals surface area contributed by atoms with E-state index in [1.807, 2.05) is 12.5 Å². The number of thioether (sulfide) groups is 1. The maximum absolute atomic E-state index is 10.8. The molecular weight excluding hydrogens is 358 g/mol. The Bertz CT molecular complexity index is 478. The Kier molecular flexibility index (Phi) is 8.81. The van der Waals surface area contributed by atoms with Gasteiger partial charge in [-0.1, -0.05) is 30.6 Å². The van der Waals surface area contributed by atoms with E-state index in [1.165, 1.54) is 0 Å². The summed E-state index contributed by atoms with van der Waals surface area (Å²) < 4.78 is 5.73. The number of primary amides is 1. The Balaban J connectivity index is 2.75. The number of aliphatic hydroxyl groups is 2. The highest BCUT2D eigenvalue weighted by Gasteiger charge is 2.36. The lowest BCUT2D eigenvalue weighted by atomic mass is 9.73. The predicted molar refractivity (Wildman–Crippen MR) is 109 cm³/mol. The number of hydrogen-bond acceptors (Lipinski definition) is 5. The van der Waals surface area contributed by atoms with E-state index in [0.717, 1.165) is 49.4 Å². The number of aliphatic hydroxyl groups excluding tert-OH is 2. The Morgan fingerprint density at radius 3 is 2.64 bits per heavy atom. The van der Waals surface area contributed by atoms with Gasteiger partial charge in [-0.15, -0.1) is 0 Å². The molecule has 0 fully saturated rings. The number of allylic oxidation sites excluding steroid dienone is 1. The molecule has 1 heterocycles. The van der Waals surface area contributed by atoms with Crippen molar-refractivity contribution >= 4 is 28.0 Å². The lowest BCUT2D eigenvalue weighted by Crippen LogP contribution is -2.29. The summed E-state index contributed by atoms with van der Waals surface area (Å²) in [4.78, 5) is 10.8. The zero-order chi connectivity index (χ0) is 19.1. The molecule has 0 aliphatic carbocycles. The van der Waals surface area contributed by atoms with Gasteiger partial charge in [0.15, 0.2) is 5.76 Å². The van der Waals surface area contributed by atoms with Crippen LogP contribution in [0.15, 0.2) is 11.7 Å². The SMILES string of the molecule is CC1(C)CCCCS(C)(C)O/C(O)=C(\O)C1CCSCCCC(N)=O.